The molecule has 0 fully saturated rings. The fraction of sp³-hybridized carbons (Fsp3) is 0.0952. The molecule has 0 aliphatic rings. The number of hydrogen-bond donors (Lipinski definition) is 2. The molecule has 130 valence electrons. The van der Waals surface area contributed by atoms with E-state index in [2.05, 4.69) is 15.6 Å². The predicted molar refractivity (Wildman–Crippen MR) is 101 cm³/mol. The van der Waals surface area contributed by atoms with Crippen molar-refractivity contribution in [1.29, 1.82) is 0 Å². The molecule has 3 aromatic rings. The Labute approximate surface area is 152 Å². The molecule has 1 heterocycles. The van der Waals surface area contributed by atoms with Crippen LogP contribution in [0.1, 0.15) is 31.8 Å². The summed E-state index contributed by atoms with van der Waals surface area (Å²) in [6.45, 7) is 2.39. The van der Waals surface area contributed by atoms with E-state index in [0.29, 0.717) is 17.7 Å². The van der Waals surface area contributed by atoms with Crippen molar-refractivity contribution >= 4 is 17.5 Å². The van der Waals surface area contributed by atoms with Crippen LogP contribution in [0.5, 0.6) is 0 Å². The topological polar surface area (TPSA) is 71.1 Å². The summed E-state index contributed by atoms with van der Waals surface area (Å²) >= 11 is 0. The first-order valence-corrected chi connectivity index (χ1v) is 8.27. The maximum Gasteiger partial charge on any atom is 0.255 e. The molecular weight excluding hydrogens is 326 g/mol. The monoisotopic (exact) mass is 345 g/mol. The standard InChI is InChI=1S/C21H19N3O2/c1-15-3-2-4-19(13-15)24-21(26)18-7-5-17(6-8-18)20(25)23-14-16-9-11-22-12-10-16/h2-13H,14H2,1H3,(H,23,25)(H,24,26). The van der Waals surface area contributed by atoms with Crippen LogP contribution in [-0.2, 0) is 6.54 Å². The van der Waals surface area contributed by atoms with Crippen molar-refractivity contribution < 1.29 is 9.59 Å². The first-order chi connectivity index (χ1) is 12.6. The highest BCUT2D eigenvalue weighted by molar-refractivity contribution is 6.05. The van der Waals surface area contributed by atoms with E-state index < -0.39 is 0 Å². The number of nitrogens with zero attached hydrogens (tertiary/aromatic N) is 1. The molecular formula is C21H19N3O2. The van der Waals surface area contributed by atoms with E-state index in [4.69, 9.17) is 0 Å². The second kappa shape index (κ2) is 8.07. The molecule has 5 nitrogen and oxygen atoms in total. The summed E-state index contributed by atoms with van der Waals surface area (Å²) in [6, 6.07) is 17.9. The Morgan fingerprint density at radius 2 is 1.54 bits per heavy atom. The first-order valence-electron chi connectivity index (χ1n) is 8.27. The smallest absolute Gasteiger partial charge is 0.255 e. The Hall–Kier alpha value is -3.47. The van der Waals surface area contributed by atoms with Crippen LogP contribution in [0, 0.1) is 6.92 Å². The molecule has 5 heteroatoms. The van der Waals surface area contributed by atoms with Crippen LogP contribution in [-0.4, -0.2) is 16.8 Å². The van der Waals surface area contributed by atoms with E-state index in [0.717, 1.165) is 16.8 Å². The molecule has 2 aromatic carbocycles. The molecule has 1 aromatic heterocycles. The number of aryl methyl sites for hydroxylation is 1. The highest BCUT2D eigenvalue weighted by Gasteiger charge is 2.09. The lowest BCUT2D eigenvalue weighted by Gasteiger charge is -2.08. The second-order valence-electron chi connectivity index (χ2n) is 5.94. The molecule has 0 unspecified atom stereocenters. The minimum Gasteiger partial charge on any atom is -0.348 e. The zero-order valence-corrected chi connectivity index (χ0v) is 14.4. The van der Waals surface area contributed by atoms with Gasteiger partial charge in [-0.05, 0) is 66.6 Å². The molecule has 0 radical (unpaired) electrons. The van der Waals surface area contributed by atoms with Gasteiger partial charge in [0.1, 0.15) is 0 Å². The minimum absolute atomic E-state index is 0.188. The van der Waals surface area contributed by atoms with Gasteiger partial charge in [-0.25, -0.2) is 0 Å². The Morgan fingerprint density at radius 3 is 2.19 bits per heavy atom. The zero-order chi connectivity index (χ0) is 18.4. The van der Waals surface area contributed by atoms with Gasteiger partial charge in [0.15, 0.2) is 0 Å². The first kappa shape index (κ1) is 17.4. The lowest BCUT2D eigenvalue weighted by Crippen LogP contribution is -2.23. The van der Waals surface area contributed by atoms with Gasteiger partial charge in [0.2, 0.25) is 0 Å². The van der Waals surface area contributed by atoms with Crippen LogP contribution < -0.4 is 10.6 Å². The van der Waals surface area contributed by atoms with E-state index in [1.54, 1.807) is 36.7 Å². The maximum atomic E-state index is 12.3. The predicted octanol–water partition coefficient (Wildman–Crippen LogP) is 3.57. The molecule has 2 amide bonds. The summed E-state index contributed by atoms with van der Waals surface area (Å²) in [4.78, 5) is 28.4. The normalized spacial score (nSPS) is 10.2. The Kier molecular flexibility index (Phi) is 5.39. The molecule has 0 aliphatic carbocycles. The third-order valence-corrected chi connectivity index (χ3v) is 3.89. The van der Waals surface area contributed by atoms with Crippen LogP contribution in [0.3, 0.4) is 0 Å². The van der Waals surface area contributed by atoms with Gasteiger partial charge in [-0.2, -0.15) is 0 Å². The Morgan fingerprint density at radius 1 is 0.885 bits per heavy atom. The van der Waals surface area contributed by atoms with Gasteiger partial charge in [0, 0.05) is 35.8 Å². The molecule has 0 aliphatic heterocycles. The molecule has 0 atom stereocenters. The second-order valence-corrected chi connectivity index (χ2v) is 5.94. The molecule has 3 rings (SSSR count). The van der Waals surface area contributed by atoms with E-state index >= 15 is 0 Å². The van der Waals surface area contributed by atoms with Crippen LogP contribution in [0.15, 0.2) is 73.1 Å². The fourth-order valence-electron chi connectivity index (χ4n) is 2.48. The number of pyridine rings is 1. The maximum absolute atomic E-state index is 12.3. The van der Waals surface area contributed by atoms with Crippen LogP contribution in [0.2, 0.25) is 0 Å². The van der Waals surface area contributed by atoms with E-state index in [-0.39, 0.29) is 11.8 Å². The Bertz CT molecular complexity index is 906. The van der Waals surface area contributed by atoms with E-state index in [1.165, 1.54) is 0 Å². The summed E-state index contributed by atoms with van der Waals surface area (Å²) in [5, 5.41) is 5.69. The average Bonchev–Trinajstić information content (AvgIpc) is 2.67. The highest BCUT2D eigenvalue weighted by atomic mass is 16.2. The summed E-state index contributed by atoms with van der Waals surface area (Å²) < 4.78 is 0. The molecule has 0 spiro atoms. The Balaban J connectivity index is 1.60. The van der Waals surface area contributed by atoms with Crippen molar-refractivity contribution in [3.05, 3.63) is 95.3 Å². The number of rotatable bonds is 5. The van der Waals surface area contributed by atoms with Crippen molar-refractivity contribution in [2.75, 3.05) is 5.32 Å². The number of nitrogens with one attached hydrogen (secondary N) is 2. The lowest BCUT2D eigenvalue weighted by atomic mass is 10.1. The van der Waals surface area contributed by atoms with Crippen molar-refractivity contribution in [2.24, 2.45) is 0 Å². The summed E-state index contributed by atoms with van der Waals surface area (Å²) in [5.74, 6) is -0.396. The summed E-state index contributed by atoms with van der Waals surface area (Å²) in [7, 11) is 0. The molecule has 2 N–H and O–H groups in total. The van der Waals surface area contributed by atoms with Gasteiger partial charge in [0.25, 0.3) is 11.8 Å². The largest absolute Gasteiger partial charge is 0.348 e. The van der Waals surface area contributed by atoms with Crippen molar-refractivity contribution in [1.82, 2.24) is 10.3 Å². The van der Waals surface area contributed by atoms with Crippen LogP contribution in [0.25, 0.3) is 0 Å². The van der Waals surface area contributed by atoms with E-state index in [9.17, 15) is 9.59 Å². The van der Waals surface area contributed by atoms with E-state index in [1.807, 2.05) is 43.3 Å². The van der Waals surface area contributed by atoms with Gasteiger partial charge in [-0.3, -0.25) is 14.6 Å². The number of carbonyl (C=O) groups excluding carboxylic acids is 2. The number of carbonyl (C=O) groups is 2. The molecule has 0 bridgehead atoms. The summed E-state index contributed by atoms with van der Waals surface area (Å²) in [5.41, 5.74) is 3.80. The van der Waals surface area contributed by atoms with Gasteiger partial charge < -0.3 is 10.6 Å². The third-order valence-electron chi connectivity index (χ3n) is 3.89. The van der Waals surface area contributed by atoms with Gasteiger partial charge >= 0.3 is 0 Å². The molecule has 26 heavy (non-hydrogen) atoms. The third kappa shape index (κ3) is 4.54. The highest BCUT2D eigenvalue weighted by Crippen LogP contribution is 2.12. The number of aromatic nitrogens is 1. The van der Waals surface area contributed by atoms with Gasteiger partial charge in [0.05, 0.1) is 0 Å². The lowest BCUT2D eigenvalue weighted by molar-refractivity contribution is 0.0949. The quantitative estimate of drug-likeness (QED) is 0.742. The minimum atomic E-state index is -0.209. The van der Waals surface area contributed by atoms with Gasteiger partial charge in [-0.1, -0.05) is 12.1 Å². The number of amides is 2. The number of benzene rings is 2. The van der Waals surface area contributed by atoms with Gasteiger partial charge in [-0.15, -0.1) is 0 Å². The van der Waals surface area contributed by atoms with Crippen molar-refractivity contribution in [3.8, 4) is 0 Å². The average molecular weight is 345 g/mol. The molecule has 0 saturated heterocycles. The zero-order valence-electron chi connectivity index (χ0n) is 14.4. The summed E-state index contributed by atoms with van der Waals surface area (Å²) in [6.07, 6.45) is 3.37. The fourth-order valence-corrected chi connectivity index (χ4v) is 2.48. The van der Waals surface area contributed by atoms with Crippen LogP contribution in [0.4, 0.5) is 5.69 Å². The molecule has 0 saturated carbocycles. The van der Waals surface area contributed by atoms with Crippen molar-refractivity contribution in [2.45, 2.75) is 13.5 Å². The number of anilines is 1. The number of hydrogen-bond acceptors (Lipinski definition) is 3. The SMILES string of the molecule is Cc1cccc(NC(=O)c2ccc(C(=O)NCc3ccncc3)cc2)c1. The van der Waals surface area contributed by atoms with Crippen LogP contribution >= 0.6 is 0 Å². The van der Waals surface area contributed by atoms with Crippen molar-refractivity contribution in [3.63, 3.8) is 0 Å².